The lowest BCUT2D eigenvalue weighted by Crippen LogP contribution is -2.29. The van der Waals surface area contributed by atoms with Crippen LogP contribution in [0, 0.1) is 5.92 Å². The number of esters is 2. The maximum Gasteiger partial charge on any atom is 0.472 e. The molecule has 0 aromatic rings. The van der Waals surface area contributed by atoms with Crippen LogP contribution in [0.3, 0.4) is 0 Å². The van der Waals surface area contributed by atoms with Crippen molar-refractivity contribution >= 4 is 19.8 Å². The molecule has 0 aliphatic rings. The molecule has 0 amide bonds. The molecular weight excluding hydrogens is 723 g/mol. The second-order valence-corrected chi connectivity index (χ2v) is 16.1. The van der Waals surface area contributed by atoms with E-state index in [4.69, 9.17) is 19.1 Å². The Hall–Kier alpha value is -2.11. The third-order valence-electron chi connectivity index (χ3n) is 8.72. The number of phosphoric ester groups is 1. The van der Waals surface area contributed by atoms with Gasteiger partial charge < -0.3 is 29.7 Å². The van der Waals surface area contributed by atoms with Crippen molar-refractivity contribution in [2.24, 2.45) is 5.92 Å². The topological polar surface area (TPSA) is 169 Å². The molecule has 55 heavy (non-hydrogen) atoms. The van der Waals surface area contributed by atoms with E-state index in [2.05, 4.69) is 55.7 Å². The number of rotatable bonds is 38. The number of phosphoric acid groups is 1. The van der Waals surface area contributed by atoms with Crippen LogP contribution >= 0.6 is 7.82 Å². The molecule has 0 aliphatic carbocycles. The molecule has 0 bridgehead atoms. The van der Waals surface area contributed by atoms with E-state index in [1.807, 2.05) is 18.2 Å². The van der Waals surface area contributed by atoms with Gasteiger partial charge in [-0.05, 0) is 57.3 Å². The summed E-state index contributed by atoms with van der Waals surface area (Å²) in [6.45, 7) is 4.41. The van der Waals surface area contributed by atoms with Crippen LogP contribution in [0.4, 0.5) is 0 Å². The predicted molar refractivity (Wildman–Crippen MR) is 220 cm³/mol. The van der Waals surface area contributed by atoms with Crippen LogP contribution in [0.15, 0.2) is 48.6 Å². The molecule has 0 aromatic heterocycles. The zero-order valence-corrected chi connectivity index (χ0v) is 35.3. The van der Waals surface area contributed by atoms with Gasteiger partial charge in [-0.15, -0.1) is 0 Å². The van der Waals surface area contributed by atoms with Crippen LogP contribution in [0.2, 0.25) is 0 Å². The van der Waals surface area contributed by atoms with Gasteiger partial charge in [-0.1, -0.05) is 146 Å². The molecule has 0 rings (SSSR count). The van der Waals surface area contributed by atoms with Crippen molar-refractivity contribution in [1.82, 2.24) is 0 Å². The van der Waals surface area contributed by atoms with Gasteiger partial charge in [0.15, 0.2) is 6.10 Å². The lowest BCUT2D eigenvalue weighted by molar-refractivity contribution is -0.161. The van der Waals surface area contributed by atoms with Crippen LogP contribution < -0.4 is 0 Å². The number of carbonyl (C=O) groups is 2. The number of aliphatic hydroxyl groups is 3. The van der Waals surface area contributed by atoms with E-state index in [0.29, 0.717) is 25.7 Å². The Balaban J connectivity index is 4.44. The molecule has 320 valence electrons. The first-order valence-electron chi connectivity index (χ1n) is 21.0. The highest BCUT2D eigenvalue weighted by Gasteiger charge is 2.27. The zero-order valence-electron chi connectivity index (χ0n) is 34.4. The molecule has 0 radical (unpaired) electrons. The molecule has 0 saturated heterocycles. The first kappa shape index (κ1) is 52.9. The Morgan fingerprint density at radius 3 is 1.69 bits per heavy atom. The van der Waals surface area contributed by atoms with Gasteiger partial charge in [0.2, 0.25) is 0 Å². The van der Waals surface area contributed by atoms with E-state index in [0.717, 1.165) is 57.3 Å². The molecule has 0 spiro atoms. The standard InChI is InChI=1S/C43H77O11P/c1-4-29-39(45)31-26-22-18-14-10-6-5-7-11-16-20-24-28-33-43(48)54-41(37-53-55(49,50)52-35-40(46)34-44)36-51-42(47)32-27-23-19-15-12-8-9-13-17-21-25-30-38(2)3/h5,7,10,14,16,20,22,26,38-41,44-46H,4,6,8-9,11-13,15,17-19,21,23-25,27-37H2,1-3H3,(H,49,50)/b7-5-,14-10-,20-16-,26-22-/t39?,40-,41+/m0/s1. The monoisotopic (exact) mass is 801 g/mol. The quantitative estimate of drug-likeness (QED) is 0.0203. The van der Waals surface area contributed by atoms with Crippen molar-refractivity contribution in [3.63, 3.8) is 0 Å². The number of hydrogen-bond donors (Lipinski definition) is 4. The molecule has 4 N–H and O–H groups in total. The molecule has 0 fully saturated rings. The van der Waals surface area contributed by atoms with E-state index in [1.165, 1.54) is 51.4 Å². The molecule has 0 saturated carbocycles. The van der Waals surface area contributed by atoms with Gasteiger partial charge >= 0.3 is 19.8 Å². The zero-order chi connectivity index (χ0) is 40.8. The third kappa shape index (κ3) is 38.5. The Labute approximate surface area is 333 Å². The minimum atomic E-state index is -4.64. The number of hydrogen-bond acceptors (Lipinski definition) is 10. The summed E-state index contributed by atoms with van der Waals surface area (Å²) in [4.78, 5) is 34.9. The maximum atomic E-state index is 12.6. The first-order valence-corrected chi connectivity index (χ1v) is 22.5. The van der Waals surface area contributed by atoms with Crippen molar-refractivity contribution in [2.75, 3.05) is 26.4 Å². The number of unbranched alkanes of at least 4 members (excludes halogenated alkanes) is 11. The van der Waals surface area contributed by atoms with Gasteiger partial charge in [0, 0.05) is 12.8 Å². The van der Waals surface area contributed by atoms with Gasteiger partial charge in [0.25, 0.3) is 0 Å². The average molecular weight is 801 g/mol. The Bertz CT molecular complexity index is 1090. The van der Waals surface area contributed by atoms with Gasteiger partial charge in [-0.3, -0.25) is 18.6 Å². The van der Waals surface area contributed by atoms with Crippen LogP contribution in [0.25, 0.3) is 0 Å². The predicted octanol–water partition coefficient (Wildman–Crippen LogP) is 9.77. The van der Waals surface area contributed by atoms with Gasteiger partial charge in [-0.2, -0.15) is 0 Å². The summed E-state index contributed by atoms with van der Waals surface area (Å²) in [5.74, 6) is -0.218. The minimum absolute atomic E-state index is 0.0930. The number of ether oxygens (including phenoxy) is 2. The number of aliphatic hydroxyl groups excluding tert-OH is 3. The average Bonchev–Trinajstić information content (AvgIpc) is 3.15. The lowest BCUT2D eigenvalue weighted by Gasteiger charge is -2.20. The lowest BCUT2D eigenvalue weighted by atomic mass is 10.0. The van der Waals surface area contributed by atoms with E-state index in [9.17, 15) is 29.3 Å². The van der Waals surface area contributed by atoms with E-state index < -0.39 is 51.8 Å². The summed E-state index contributed by atoms with van der Waals surface area (Å²) >= 11 is 0. The van der Waals surface area contributed by atoms with Crippen LogP contribution in [0.5, 0.6) is 0 Å². The molecule has 0 heterocycles. The SMILES string of the molecule is CCCC(O)C/C=C\C/C=C\C/C=C\C/C=C\CCCC(=O)O[C@H](COC(=O)CCCCCCCCCCCCCC(C)C)COP(=O)(O)OC[C@@H](O)CO. The summed E-state index contributed by atoms with van der Waals surface area (Å²) in [5.41, 5.74) is 0. The van der Waals surface area contributed by atoms with Crippen molar-refractivity contribution < 1.29 is 52.9 Å². The largest absolute Gasteiger partial charge is 0.472 e. The summed E-state index contributed by atoms with van der Waals surface area (Å²) < 4.78 is 32.6. The summed E-state index contributed by atoms with van der Waals surface area (Å²) in [5, 5.41) is 28.0. The van der Waals surface area contributed by atoms with Crippen LogP contribution in [-0.4, -0.2) is 76.9 Å². The van der Waals surface area contributed by atoms with Crippen molar-refractivity contribution in [2.45, 2.75) is 180 Å². The maximum absolute atomic E-state index is 12.6. The van der Waals surface area contributed by atoms with E-state index >= 15 is 0 Å². The van der Waals surface area contributed by atoms with E-state index in [1.54, 1.807) is 0 Å². The Kier molecular flexibility index (Phi) is 36.0. The molecule has 12 heteroatoms. The minimum Gasteiger partial charge on any atom is -0.462 e. The fourth-order valence-corrected chi connectivity index (χ4v) is 6.27. The summed E-state index contributed by atoms with van der Waals surface area (Å²) in [6, 6.07) is 0. The molecule has 11 nitrogen and oxygen atoms in total. The number of allylic oxidation sites excluding steroid dienone is 7. The molecular formula is C43H77O11P. The Morgan fingerprint density at radius 1 is 0.618 bits per heavy atom. The smallest absolute Gasteiger partial charge is 0.462 e. The molecule has 4 atom stereocenters. The number of carbonyl (C=O) groups excluding carboxylic acids is 2. The van der Waals surface area contributed by atoms with Crippen molar-refractivity contribution in [3.05, 3.63) is 48.6 Å². The van der Waals surface area contributed by atoms with Crippen molar-refractivity contribution in [3.8, 4) is 0 Å². The first-order chi connectivity index (χ1) is 26.5. The third-order valence-corrected chi connectivity index (χ3v) is 9.67. The van der Waals surface area contributed by atoms with Gasteiger partial charge in [0.05, 0.1) is 25.9 Å². The molecule has 2 unspecified atom stereocenters. The molecule has 0 aliphatic heterocycles. The molecule has 0 aromatic carbocycles. The Morgan fingerprint density at radius 2 is 1.13 bits per heavy atom. The fraction of sp³-hybridized carbons (Fsp3) is 0.767. The second-order valence-electron chi connectivity index (χ2n) is 14.7. The second kappa shape index (κ2) is 37.5. The fourth-order valence-electron chi connectivity index (χ4n) is 5.48. The normalized spacial score (nSPS) is 15.1. The summed E-state index contributed by atoms with van der Waals surface area (Å²) in [6.07, 6.45) is 34.4. The highest BCUT2D eigenvalue weighted by atomic mass is 31.2. The highest BCUT2D eigenvalue weighted by Crippen LogP contribution is 2.43. The van der Waals surface area contributed by atoms with Gasteiger partial charge in [0.1, 0.15) is 12.7 Å². The van der Waals surface area contributed by atoms with E-state index in [-0.39, 0.29) is 25.6 Å². The van der Waals surface area contributed by atoms with Crippen LogP contribution in [-0.2, 0) is 32.7 Å². The summed E-state index contributed by atoms with van der Waals surface area (Å²) in [7, 11) is -4.64. The highest BCUT2D eigenvalue weighted by molar-refractivity contribution is 7.47. The van der Waals surface area contributed by atoms with Gasteiger partial charge in [-0.25, -0.2) is 4.57 Å². The van der Waals surface area contributed by atoms with Crippen molar-refractivity contribution in [1.29, 1.82) is 0 Å². The van der Waals surface area contributed by atoms with Crippen LogP contribution in [0.1, 0.15) is 162 Å².